The fraction of sp³-hybridized carbons (Fsp3) is 0.588. The highest BCUT2D eigenvalue weighted by Crippen LogP contribution is 2.48. The summed E-state index contributed by atoms with van der Waals surface area (Å²) in [6, 6.07) is 8.02. The number of sulfonamides is 1. The number of amides is 1. The van der Waals surface area contributed by atoms with Crippen molar-refractivity contribution in [2.75, 3.05) is 6.26 Å². The lowest BCUT2D eigenvalue weighted by Gasteiger charge is -2.07. The highest BCUT2D eigenvalue weighted by molar-refractivity contribution is 7.89. The zero-order chi connectivity index (χ0) is 17.3. The van der Waals surface area contributed by atoms with E-state index in [1.165, 1.54) is 11.1 Å². The molecule has 0 spiro atoms. The molecule has 2 unspecified atom stereocenters. The van der Waals surface area contributed by atoms with Crippen LogP contribution in [-0.4, -0.2) is 20.6 Å². The summed E-state index contributed by atoms with van der Waals surface area (Å²) >= 11 is 0. The molecule has 2 rings (SSSR count). The molecule has 1 aromatic rings. The molecule has 2 atom stereocenters. The van der Waals surface area contributed by atoms with Crippen molar-refractivity contribution in [1.82, 2.24) is 4.72 Å². The Bertz CT molecular complexity index is 567. The second kappa shape index (κ2) is 9.62. The number of rotatable bonds is 4. The summed E-state index contributed by atoms with van der Waals surface area (Å²) < 4.78 is 24.1. The molecule has 1 aromatic carbocycles. The minimum absolute atomic E-state index is 0.169. The maximum absolute atomic E-state index is 11.7. The Morgan fingerprint density at radius 2 is 1.73 bits per heavy atom. The van der Waals surface area contributed by atoms with Crippen molar-refractivity contribution >= 4 is 15.9 Å². The van der Waals surface area contributed by atoms with Gasteiger partial charge >= 0.3 is 0 Å². The highest BCUT2D eigenvalue weighted by atomic mass is 32.2. The highest BCUT2D eigenvalue weighted by Gasteiger charge is 2.45. The van der Waals surface area contributed by atoms with Gasteiger partial charge in [0, 0.05) is 5.92 Å². The quantitative estimate of drug-likeness (QED) is 0.921. The van der Waals surface area contributed by atoms with Crippen LogP contribution in [0, 0.1) is 5.92 Å². The number of benzene rings is 1. The van der Waals surface area contributed by atoms with Gasteiger partial charge in [0.1, 0.15) is 0 Å². The van der Waals surface area contributed by atoms with Crippen LogP contribution in [0.1, 0.15) is 58.1 Å². The molecule has 1 aliphatic carbocycles. The molecule has 126 valence electrons. The van der Waals surface area contributed by atoms with Gasteiger partial charge in [-0.05, 0) is 29.9 Å². The average molecular weight is 327 g/mol. The lowest BCUT2D eigenvalue weighted by molar-refractivity contribution is -0.120. The maximum atomic E-state index is 11.7. The van der Waals surface area contributed by atoms with Gasteiger partial charge in [0.25, 0.3) is 0 Å². The minimum Gasteiger partial charge on any atom is -0.274 e. The molecule has 1 N–H and O–H groups in total. The van der Waals surface area contributed by atoms with Crippen molar-refractivity contribution < 1.29 is 13.2 Å². The molecule has 1 saturated carbocycles. The van der Waals surface area contributed by atoms with E-state index in [4.69, 9.17) is 0 Å². The molecule has 4 nitrogen and oxygen atoms in total. The third kappa shape index (κ3) is 6.18. The van der Waals surface area contributed by atoms with Crippen LogP contribution in [0.4, 0.5) is 0 Å². The lowest BCUT2D eigenvalue weighted by atomic mass is 10.0. The number of hydrogen-bond acceptors (Lipinski definition) is 3. The predicted octanol–water partition coefficient (Wildman–Crippen LogP) is 3.48. The Hall–Kier alpha value is -1.36. The number of aryl methyl sites for hydroxylation is 1. The summed E-state index contributed by atoms with van der Waals surface area (Å²) in [5, 5.41) is 0. The maximum Gasteiger partial charge on any atom is 0.237 e. The van der Waals surface area contributed by atoms with Crippen LogP contribution in [0.2, 0.25) is 0 Å². The summed E-state index contributed by atoms with van der Waals surface area (Å²) in [4.78, 5) is 11.7. The Morgan fingerprint density at radius 1 is 1.18 bits per heavy atom. The number of nitrogens with one attached hydrogen (secondary N) is 1. The van der Waals surface area contributed by atoms with E-state index in [9.17, 15) is 13.2 Å². The lowest BCUT2D eigenvalue weighted by Crippen LogP contribution is -2.30. The molecular formula is C17H29NO3S. The number of carbonyl (C=O) groups excluding carboxylic acids is 1. The summed E-state index contributed by atoms with van der Waals surface area (Å²) in [6.07, 6.45) is 2.66. The molecule has 0 radical (unpaired) electrons. The Balaban J connectivity index is 0.00000102. The Morgan fingerprint density at radius 3 is 2.23 bits per heavy atom. The molecule has 22 heavy (non-hydrogen) atoms. The molecule has 0 bridgehead atoms. The van der Waals surface area contributed by atoms with Gasteiger partial charge in [-0.25, -0.2) is 8.42 Å². The second-order valence-corrected chi connectivity index (χ2v) is 6.49. The third-order valence-electron chi connectivity index (χ3n) is 3.25. The van der Waals surface area contributed by atoms with Crippen LogP contribution in [-0.2, 0) is 21.2 Å². The van der Waals surface area contributed by atoms with E-state index in [1.54, 1.807) is 0 Å². The summed E-state index contributed by atoms with van der Waals surface area (Å²) in [5.41, 5.74) is 2.41. The van der Waals surface area contributed by atoms with Gasteiger partial charge in [0.2, 0.25) is 15.9 Å². The molecule has 5 heteroatoms. The number of carbonyl (C=O) groups is 1. The smallest absolute Gasteiger partial charge is 0.237 e. The molecule has 0 aromatic heterocycles. The molecule has 0 saturated heterocycles. The molecular weight excluding hydrogens is 298 g/mol. The Kier molecular flexibility index (Phi) is 9.02. The SMILES string of the molecule is CC.CC.CCc1ccccc1C1CC1C(=O)NS(C)(=O)=O. The van der Waals surface area contributed by atoms with E-state index in [2.05, 4.69) is 17.7 Å². The van der Waals surface area contributed by atoms with Crippen molar-refractivity contribution in [3.63, 3.8) is 0 Å². The largest absolute Gasteiger partial charge is 0.274 e. The van der Waals surface area contributed by atoms with E-state index in [0.29, 0.717) is 0 Å². The van der Waals surface area contributed by atoms with Crippen LogP contribution in [0.5, 0.6) is 0 Å². The molecule has 0 aliphatic heterocycles. The van der Waals surface area contributed by atoms with Gasteiger partial charge in [-0.1, -0.05) is 58.9 Å². The predicted molar refractivity (Wildman–Crippen MR) is 92.4 cm³/mol. The van der Waals surface area contributed by atoms with Gasteiger partial charge in [-0.2, -0.15) is 0 Å². The standard InChI is InChI=1S/C13H17NO3S.2C2H6/c1-3-9-6-4-5-7-10(9)11-8-12(11)13(15)14-18(2,16)17;2*1-2/h4-7,11-12H,3,8H2,1-2H3,(H,14,15);2*1-2H3. The van der Waals surface area contributed by atoms with E-state index in [1.807, 2.05) is 45.9 Å². The third-order valence-corrected chi connectivity index (χ3v) is 3.82. The first kappa shape index (κ1) is 20.6. The van der Waals surface area contributed by atoms with E-state index in [-0.39, 0.29) is 17.7 Å². The summed E-state index contributed by atoms with van der Waals surface area (Å²) in [7, 11) is -3.45. The zero-order valence-corrected chi connectivity index (χ0v) is 15.3. The monoisotopic (exact) mass is 327 g/mol. The molecule has 1 amide bonds. The first-order valence-electron chi connectivity index (χ1n) is 8.02. The first-order valence-corrected chi connectivity index (χ1v) is 9.91. The van der Waals surface area contributed by atoms with Gasteiger partial charge < -0.3 is 0 Å². The minimum atomic E-state index is -3.45. The van der Waals surface area contributed by atoms with Crippen LogP contribution in [0.3, 0.4) is 0 Å². The van der Waals surface area contributed by atoms with Crippen molar-refractivity contribution in [1.29, 1.82) is 0 Å². The second-order valence-electron chi connectivity index (χ2n) is 4.74. The normalized spacial score (nSPS) is 19.0. The van der Waals surface area contributed by atoms with E-state index >= 15 is 0 Å². The Labute approximate surface area is 135 Å². The summed E-state index contributed by atoms with van der Waals surface area (Å²) in [6.45, 7) is 10.1. The van der Waals surface area contributed by atoms with Gasteiger partial charge in [-0.3, -0.25) is 9.52 Å². The molecule has 1 fully saturated rings. The average Bonchev–Trinajstić information content (AvgIpc) is 3.30. The van der Waals surface area contributed by atoms with Crippen molar-refractivity contribution in [3.05, 3.63) is 35.4 Å². The fourth-order valence-corrected chi connectivity index (χ4v) is 2.82. The van der Waals surface area contributed by atoms with Crippen molar-refractivity contribution in [3.8, 4) is 0 Å². The fourth-order valence-electron chi connectivity index (χ4n) is 2.30. The van der Waals surface area contributed by atoms with Crippen LogP contribution < -0.4 is 4.72 Å². The van der Waals surface area contributed by atoms with E-state index in [0.717, 1.165) is 19.1 Å². The summed E-state index contributed by atoms with van der Waals surface area (Å²) in [5.74, 6) is -0.413. The zero-order valence-electron chi connectivity index (χ0n) is 14.5. The van der Waals surface area contributed by atoms with Crippen LogP contribution >= 0.6 is 0 Å². The number of hydrogen-bond donors (Lipinski definition) is 1. The van der Waals surface area contributed by atoms with Crippen molar-refractivity contribution in [2.45, 2.75) is 53.4 Å². The van der Waals surface area contributed by atoms with Gasteiger partial charge in [0.15, 0.2) is 0 Å². The first-order chi connectivity index (χ1) is 10.4. The van der Waals surface area contributed by atoms with Crippen molar-refractivity contribution in [2.24, 2.45) is 5.92 Å². The topological polar surface area (TPSA) is 63.2 Å². The van der Waals surface area contributed by atoms with Crippen LogP contribution in [0.15, 0.2) is 24.3 Å². The van der Waals surface area contributed by atoms with Gasteiger partial charge in [-0.15, -0.1) is 0 Å². The van der Waals surface area contributed by atoms with Crippen LogP contribution in [0.25, 0.3) is 0 Å². The van der Waals surface area contributed by atoms with Gasteiger partial charge in [0.05, 0.1) is 6.26 Å². The van der Waals surface area contributed by atoms with E-state index < -0.39 is 10.0 Å². The molecule has 0 heterocycles. The molecule has 1 aliphatic rings.